The Kier molecular flexibility index (Phi) is 7.54. The monoisotopic (exact) mass is 395 g/mol. The first-order valence-electron chi connectivity index (χ1n) is 8.02. The summed E-state index contributed by atoms with van der Waals surface area (Å²) in [6, 6.07) is 7.28. The lowest BCUT2D eigenvalue weighted by Crippen LogP contribution is -2.51. The number of nitrogens with one attached hydrogen (secondary N) is 4. The van der Waals surface area contributed by atoms with Crippen molar-refractivity contribution in [1.82, 2.24) is 21.2 Å². The van der Waals surface area contributed by atoms with Gasteiger partial charge in [0.2, 0.25) is 0 Å². The average Bonchev–Trinajstić information content (AvgIpc) is 3.05. The van der Waals surface area contributed by atoms with Crippen LogP contribution in [0.25, 0.3) is 10.2 Å². The zero-order valence-corrected chi connectivity index (χ0v) is 16.1. The molecule has 0 fully saturated rings. The quantitative estimate of drug-likeness (QED) is 0.242. The number of thiazole rings is 1. The molecule has 10 heteroatoms. The van der Waals surface area contributed by atoms with E-state index < -0.39 is 6.04 Å². The predicted octanol–water partition coefficient (Wildman–Crippen LogP) is 1.55. The molecule has 0 saturated heterocycles. The maximum absolute atomic E-state index is 12.1. The van der Waals surface area contributed by atoms with E-state index in [0.29, 0.717) is 24.5 Å². The van der Waals surface area contributed by atoms with Crippen LogP contribution in [0.15, 0.2) is 24.3 Å². The fourth-order valence-corrected chi connectivity index (χ4v) is 3.10. The minimum Gasteiger partial charge on any atom is -0.469 e. The summed E-state index contributed by atoms with van der Waals surface area (Å²) >= 11 is 6.54. The second kappa shape index (κ2) is 9.88. The van der Waals surface area contributed by atoms with Crippen molar-refractivity contribution < 1.29 is 14.3 Å². The Morgan fingerprint density at radius 2 is 2.08 bits per heavy atom. The highest BCUT2D eigenvalue weighted by Gasteiger charge is 2.14. The van der Waals surface area contributed by atoms with Crippen LogP contribution in [-0.4, -0.2) is 41.7 Å². The third-order valence-corrected chi connectivity index (χ3v) is 4.61. The van der Waals surface area contributed by atoms with E-state index in [2.05, 4.69) is 31.2 Å². The topological polar surface area (TPSA) is 104 Å². The standard InChI is InChI=1S/C16H21N5O3S2/c1-10(18-16-19-11-6-3-4-7-12(11)26-16)14(23)20-21-15(25)17-9-5-8-13(22)24-2/h3-4,6-7,10H,5,8-9H2,1-2H3,(H,18,19)(H,20,23)(H2,17,21,25)/t10-/m0/s1. The molecule has 1 aromatic carbocycles. The smallest absolute Gasteiger partial charge is 0.305 e. The Bertz CT molecular complexity index is 747. The van der Waals surface area contributed by atoms with E-state index in [1.807, 2.05) is 24.3 Å². The second-order valence-corrected chi connectivity index (χ2v) is 6.84. The van der Waals surface area contributed by atoms with Crippen LogP contribution in [-0.2, 0) is 14.3 Å². The highest BCUT2D eigenvalue weighted by molar-refractivity contribution is 7.80. The van der Waals surface area contributed by atoms with Gasteiger partial charge < -0.3 is 15.4 Å². The van der Waals surface area contributed by atoms with Crippen LogP contribution in [0.1, 0.15) is 19.8 Å². The van der Waals surface area contributed by atoms with Gasteiger partial charge in [-0.25, -0.2) is 4.98 Å². The number of carbonyl (C=O) groups excluding carboxylic acids is 2. The van der Waals surface area contributed by atoms with Gasteiger partial charge in [-0.15, -0.1) is 0 Å². The van der Waals surface area contributed by atoms with Crippen LogP contribution in [0.2, 0.25) is 0 Å². The molecule has 8 nitrogen and oxygen atoms in total. The summed E-state index contributed by atoms with van der Waals surface area (Å²) in [5, 5.41) is 6.91. The summed E-state index contributed by atoms with van der Waals surface area (Å²) in [4.78, 5) is 27.5. The van der Waals surface area contributed by atoms with Gasteiger partial charge in [-0.1, -0.05) is 23.5 Å². The third-order valence-electron chi connectivity index (χ3n) is 3.40. The van der Waals surface area contributed by atoms with Gasteiger partial charge in [0.1, 0.15) is 6.04 Å². The van der Waals surface area contributed by atoms with Gasteiger partial charge in [-0.2, -0.15) is 0 Å². The Balaban J connectivity index is 1.69. The minimum atomic E-state index is -0.495. The normalized spacial score (nSPS) is 11.5. The largest absolute Gasteiger partial charge is 0.469 e. The number of hydrogen-bond acceptors (Lipinski definition) is 7. The maximum Gasteiger partial charge on any atom is 0.305 e. The molecule has 1 heterocycles. The summed E-state index contributed by atoms with van der Waals surface area (Å²) < 4.78 is 5.60. The van der Waals surface area contributed by atoms with Crippen LogP contribution in [0.4, 0.5) is 5.13 Å². The number of anilines is 1. The second-order valence-electron chi connectivity index (χ2n) is 5.40. The number of thiocarbonyl (C=S) groups is 1. The minimum absolute atomic E-state index is 0.270. The summed E-state index contributed by atoms with van der Waals surface area (Å²) in [5.41, 5.74) is 6.04. The lowest BCUT2D eigenvalue weighted by molar-refractivity contribution is -0.140. The maximum atomic E-state index is 12.1. The fourth-order valence-electron chi connectivity index (χ4n) is 1.99. The molecule has 0 unspecified atom stereocenters. The number of para-hydroxylation sites is 1. The number of fused-ring (bicyclic) bond motifs is 1. The lowest BCUT2D eigenvalue weighted by Gasteiger charge is -2.15. The van der Waals surface area contributed by atoms with E-state index >= 15 is 0 Å². The van der Waals surface area contributed by atoms with E-state index in [1.165, 1.54) is 18.4 Å². The van der Waals surface area contributed by atoms with E-state index in [9.17, 15) is 9.59 Å². The van der Waals surface area contributed by atoms with Crippen LogP contribution >= 0.6 is 23.6 Å². The number of benzene rings is 1. The molecule has 0 bridgehead atoms. The zero-order valence-electron chi connectivity index (χ0n) is 14.5. The first-order valence-corrected chi connectivity index (χ1v) is 9.24. The number of aromatic nitrogens is 1. The number of carbonyl (C=O) groups is 2. The summed E-state index contributed by atoms with van der Waals surface area (Å²) in [6.07, 6.45) is 0.888. The van der Waals surface area contributed by atoms with Crippen molar-refractivity contribution in [3.05, 3.63) is 24.3 Å². The Labute approximate surface area is 160 Å². The molecule has 0 aliphatic carbocycles. The number of esters is 1. The molecule has 0 spiro atoms. The third kappa shape index (κ3) is 6.12. The van der Waals surface area contributed by atoms with Gasteiger partial charge in [0.25, 0.3) is 5.91 Å². The Morgan fingerprint density at radius 1 is 1.31 bits per heavy atom. The van der Waals surface area contributed by atoms with Gasteiger partial charge in [-0.05, 0) is 37.7 Å². The SMILES string of the molecule is COC(=O)CCCNC(=S)NNC(=O)[C@H](C)Nc1nc2ccccc2s1. The fraction of sp³-hybridized carbons (Fsp3) is 0.375. The average molecular weight is 396 g/mol. The van der Waals surface area contributed by atoms with Crippen LogP contribution in [0, 0.1) is 0 Å². The van der Waals surface area contributed by atoms with Gasteiger partial charge in [0, 0.05) is 13.0 Å². The Morgan fingerprint density at radius 3 is 2.81 bits per heavy atom. The van der Waals surface area contributed by atoms with Crippen LogP contribution < -0.4 is 21.5 Å². The first-order chi connectivity index (χ1) is 12.5. The molecule has 0 radical (unpaired) electrons. The highest BCUT2D eigenvalue weighted by atomic mass is 32.1. The van der Waals surface area contributed by atoms with Gasteiger partial charge in [0.15, 0.2) is 10.2 Å². The molecule has 0 aliphatic heterocycles. The van der Waals surface area contributed by atoms with Crippen molar-refractivity contribution in [2.45, 2.75) is 25.8 Å². The van der Waals surface area contributed by atoms with Gasteiger partial charge in [-0.3, -0.25) is 20.4 Å². The van der Waals surface area contributed by atoms with E-state index in [0.717, 1.165) is 10.2 Å². The molecule has 26 heavy (non-hydrogen) atoms. The van der Waals surface area contributed by atoms with Crippen LogP contribution in [0.5, 0.6) is 0 Å². The van der Waals surface area contributed by atoms with Gasteiger partial charge >= 0.3 is 5.97 Å². The molecular weight excluding hydrogens is 374 g/mol. The molecular formula is C16H21N5O3S2. The molecule has 4 N–H and O–H groups in total. The van der Waals surface area contributed by atoms with Crippen molar-refractivity contribution in [2.24, 2.45) is 0 Å². The van der Waals surface area contributed by atoms with Crippen molar-refractivity contribution in [3.8, 4) is 0 Å². The molecule has 2 rings (SSSR count). The van der Waals surface area contributed by atoms with E-state index in [-0.39, 0.29) is 17.0 Å². The number of methoxy groups -OCH3 is 1. The van der Waals surface area contributed by atoms with E-state index in [4.69, 9.17) is 12.2 Å². The van der Waals surface area contributed by atoms with Gasteiger partial charge in [0.05, 0.1) is 17.3 Å². The number of amides is 1. The first kappa shape index (κ1) is 19.9. The number of hydrazine groups is 1. The number of hydrogen-bond donors (Lipinski definition) is 4. The molecule has 1 aromatic heterocycles. The molecule has 1 atom stereocenters. The molecule has 0 aliphatic rings. The van der Waals surface area contributed by atoms with Crippen molar-refractivity contribution in [1.29, 1.82) is 0 Å². The molecule has 2 aromatic rings. The van der Waals surface area contributed by atoms with E-state index in [1.54, 1.807) is 6.92 Å². The number of rotatable bonds is 7. The lowest BCUT2D eigenvalue weighted by atomic mass is 10.3. The summed E-state index contributed by atoms with van der Waals surface area (Å²) in [7, 11) is 1.35. The number of nitrogens with zero attached hydrogens (tertiary/aromatic N) is 1. The van der Waals surface area contributed by atoms with Crippen LogP contribution in [0.3, 0.4) is 0 Å². The van der Waals surface area contributed by atoms with Crippen molar-refractivity contribution in [2.75, 3.05) is 19.0 Å². The molecule has 1 amide bonds. The predicted molar refractivity (Wildman–Crippen MR) is 106 cm³/mol. The summed E-state index contributed by atoms with van der Waals surface area (Å²) in [5.74, 6) is -0.545. The molecule has 140 valence electrons. The molecule has 0 saturated carbocycles. The van der Waals surface area contributed by atoms with Crippen molar-refractivity contribution >= 4 is 55.9 Å². The Hall–Kier alpha value is -2.46. The zero-order chi connectivity index (χ0) is 18.9. The highest BCUT2D eigenvalue weighted by Crippen LogP contribution is 2.25. The van der Waals surface area contributed by atoms with Crippen molar-refractivity contribution in [3.63, 3.8) is 0 Å². The number of ether oxygens (including phenoxy) is 1. The summed E-state index contributed by atoms with van der Waals surface area (Å²) in [6.45, 7) is 2.23.